The maximum absolute atomic E-state index is 6.15. The molecule has 0 radical (unpaired) electrons. The van der Waals surface area contributed by atoms with Gasteiger partial charge in [0.2, 0.25) is 0 Å². The summed E-state index contributed by atoms with van der Waals surface area (Å²) in [4.78, 5) is 0. The third kappa shape index (κ3) is 5.56. The number of rotatable bonds is 9. The number of para-hydroxylation sites is 2. The van der Waals surface area contributed by atoms with Crippen molar-refractivity contribution < 1.29 is 9.47 Å². The van der Waals surface area contributed by atoms with E-state index < -0.39 is 0 Å². The van der Waals surface area contributed by atoms with Crippen LogP contribution in [-0.4, -0.2) is 20.2 Å². The molecule has 0 atom stereocenters. The smallest absolute Gasteiger partial charge is 0.142 e. The number of halogens is 1. The van der Waals surface area contributed by atoms with Gasteiger partial charge in [0.05, 0.1) is 17.8 Å². The highest BCUT2D eigenvalue weighted by Crippen LogP contribution is 2.27. The average Bonchev–Trinajstić information content (AvgIpc) is 2.71. The first-order valence-electron chi connectivity index (χ1n) is 8.83. The fourth-order valence-electron chi connectivity index (χ4n) is 2.65. The summed E-state index contributed by atoms with van der Waals surface area (Å²) in [6.07, 6.45) is 0. The first kappa shape index (κ1) is 18.9. The highest BCUT2D eigenvalue weighted by atomic mass is 35.5. The Morgan fingerprint density at radius 1 is 0.815 bits per heavy atom. The number of nitrogens with one attached hydrogen (secondary N) is 2. The number of anilines is 2. The minimum Gasteiger partial charge on any atom is -0.495 e. The number of methoxy groups -OCH3 is 1. The van der Waals surface area contributed by atoms with E-state index in [1.807, 2.05) is 60.7 Å². The zero-order valence-corrected chi connectivity index (χ0v) is 16.0. The largest absolute Gasteiger partial charge is 0.495 e. The lowest BCUT2D eigenvalue weighted by molar-refractivity contribution is 0.307. The molecule has 0 aliphatic carbocycles. The number of hydrogen-bond acceptors (Lipinski definition) is 4. The average molecular weight is 383 g/mol. The Morgan fingerprint density at radius 3 is 2.33 bits per heavy atom. The molecule has 27 heavy (non-hydrogen) atoms. The molecule has 0 fully saturated rings. The van der Waals surface area contributed by atoms with Crippen LogP contribution in [0.2, 0.25) is 5.02 Å². The van der Waals surface area contributed by atoms with Crippen molar-refractivity contribution >= 4 is 23.0 Å². The molecule has 0 unspecified atom stereocenters. The van der Waals surface area contributed by atoms with Gasteiger partial charge in [0, 0.05) is 18.8 Å². The summed E-state index contributed by atoms with van der Waals surface area (Å²) in [5.74, 6) is 1.51. The van der Waals surface area contributed by atoms with Crippen molar-refractivity contribution in [3.8, 4) is 11.5 Å². The highest BCUT2D eigenvalue weighted by molar-refractivity contribution is 6.32. The molecule has 3 rings (SSSR count). The predicted molar refractivity (Wildman–Crippen MR) is 112 cm³/mol. The van der Waals surface area contributed by atoms with Crippen molar-refractivity contribution in [1.29, 1.82) is 0 Å². The van der Waals surface area contributed by atoms with E-state index in [2.05, 4.69) is 22.8 Å². The molecule has 3 aromatic rings. The molecule has 0 heterocycles. The van der Waals surface area contributed by atoms with Gasteiger partial charge in [-0.05, 0) is 35.9 Å². The highest BCUT2D eigenvalue weighted by Gasteiger charge is 2.04. The number of hydrogen-bond donors (Lipinski definition) is 2. The van der Waals surface area contributed by atoms with E-state index in [9.17, 15) is 0 Å². The molecule has 0 saturated carbocycles. The van der Waals surface area contributed by atoms with E-state index in [-0.39, 0.29) is 0 Å². The van der Waals surface area contributed by atoms with E-state index in [0.29, 0.717) is 17.4 Å². The second-order valence-electron chi connectivity index (χ2n) is 5.97. The van der Waals surface area contributed by atoms with Crippen LogP contribution in [0.1, 0.15) is 5.56 Å². The quantitative estimate of drug-likeness (QED) is 0.483. The number of ether oxygens (including phenoxy) is 2. The summed E-state index contributed by atoms with van der Waals surface area (Å²) in [5.41, 5.74) is 3.07. The third-order valence-corrected chi connectivity index (χ3v) is 4.34. The van der Waals surface area contributed by atoms with Gasteiger partial charge in [0.15, 0.2) is 0 Å². The maximum atomic E-state index is 6.15. The van der Waals surface area contributed by atoms with Crippen molar-refractivity contribution in [1.82, 2.24) is 0 Å². The van der Waals surface area contributed by atoms with Gasteiger partial charge in [0.25, 0.3) is 0 Å². The summed E-state index contributed by atoms with van der Waals surface area (Å²) in [6.45, 7) is 2.03. The topological polar surface area (TPSA) is 42.5 Å². The molecule has 0 amide bonds. The molecule has 0 spiro atoms. The second-order valence-corrected chi connectivity index (χ2v) is 6.38. The van der Waals surface area contributed by atoms with Crippen LogP contribution in [0.25, 0.3) is 0 Å². The molecule has 5 heteroatoms. The lowest BCUT2D eigenvalue weighted by Gasteiger charge is -2.14. The van der Waals surface area contributed by atoms with Gasteiger partial charge in [-0.25, -0.2) is 0 Å². The van der Waals surface area contributed by atoms with E-state index in [0.717, 1.165) is 35.8 Å². The summed E-state index contributed by atoms with van der Waals surface area (Å²) in [5, 5.41) is 7.35. The predicted octanol–water partition coefficient (Wildman–Crippen LogP) is 5.45. The minimum atomic E-state index is 0.544. The molecular formula is C22H23ClN2O2. The molecule has 2 N–H and O–H groups in total. The molecule has 4 nitrogen and oxygen atoms in total. The van der Waals surface area contributed by atoms with Gasteiger partial charge in [-0.15, -0.1) is 0 Å². The Labute approximate surface area is 165 Å². The fourth-order valence-corrected chi connectivity index (χ4v) is 2.91. The lowest BCUT2D eigenvalue weighted by atomic mass is 10.2. The molecule has 0 bridgehead atoms. The lowest BCUT2D eigenvalue weighted by Crippen LogP contribution is -2.14. The molecule has 0 aliphatic heterocycles. The fraction of sp³-hybridized carbons (Fsp3) is 0.182. The van der Waals surface area contributed by atoms with Crippen LogP contribution < -0.4 is 20.1 Å². The summed E-state index contributed by atoms with van der Waals surface area (Å²) in [6, 6.07) is 23.8. The molecule has 140 valence electrons. The Kier molecular flexibility index (Phi) is 6.83. The molecule has 0 aromatic heterocycles. The normalized spacial score (nSPS) is 10.3. The van der Waals surface area contributed by atoms with Crippen LogP contribution in [-0.2, 0) is 6.61 Å². The summed E-state index contributed by atoms with van der Waals surface area (Å²) >= 11 is 6.15. The van der Waals surface area contributed by atoms with Crippen molar-refractivity contribution in [2.45, 2.75) is 6.61 Å². The van der Waals surface area contributed by atoms with Crippen LogP contribution in [0.5, 0.6) is 11.5 Å². The molecule has 0 saturated heterocycles. The molecule has 0 aliphatic rings. The van der Waals surface area contributed by atoms with Crippen LogP contribution in [0.3, 0.4) is 0 Å². The second kappa shape index (κ2) is 9.74. The minimum absolute atomic E-state index is 0.544. The van der Waals surface area contributed by atoms with Gasteiger partial charge in [0.1, 0.15) is 18.1 Å². The Hall–Kier alpha value is -2.85. The third-order valence-electron chi connectivity index (χ3n) is 4.05. The zero-order valence-electron chi connectivity index (χ0n) is 15.2. The van der Waals surface area contributed by atoms with Crippen molar-refractivity contribution in [2.24, 2.45) is 0 Å². The van der Waals surface area contributed by atoms with Crippen molar-refractivity contribution in [2.75, 3.05) is 30.8 Å². The first-order chi connectivity index (χ1) is 13.3. The maximum Gasteiger partial charge on any atom is 0.142 e. The van der Waals surface area contributed by atoms with Crippen LogP contribution in [0.4, 0.5) is 11.4 Å². The van der Waals surface area contributed by atoms with Gasteiger partial charge in [-0.2, -0.15) is 0 Å². The van der Waals surface area contributed by atoms with Crippen molar-refractivity contribution in [3.05, 3.63) is 83.4 Å². The monoisotopic (exact) mass is 382 g/mol. The molecular weight excluding hydrogens is 360 g/mol. The van der Waals surface area contributed by atoms with E-state index >= 15 is 0 Å². The van der Waals surface area contributed by atoms with E-state index in [4.69, 9.17) is 21.1 Å². The SMILES string of the molecule is COc1ccc(NCCNc2ccccc2OCc2ccccc2)cc1Cl. The van der Waals surface area contributed by atoms with Gasteiger partial charge in [-0.1, -0.05) is 54.1 Å². The standard InChI is InChI=1S/C22H23ClN2O2/c1-26-21-12-11-18(15-19(21)23)24-13-14-25-20-9-5-6-10-22(20)27-16-17-7-3-2-4-8-17/h2-12,15,24-25H,13-14,16H2,1H3. The first-order valence-corrected chi connectivity index (χ1v) is 9.21. The Bertz CT molecular complexity index is 856. The zero-order chi connectivity index (χ0) is 18.9. The molecule has 3 aromatic carbocycles. The Morgan fingerprint density at radius 2 is 1.56 bits per heavy atom. The Balaban J connectivity index is 1.50. The van der Waals surface area contributed by atoms with E-state index in [1.54, 1.807) is 7.11 Å². The van der Waals surface area contributed by atoms with Crippen LogP contribution >= 0.6 is 11.6 Å². The van der Waals surface area contributed by atoms with Crippen molar-refractivity contribution in [3.63, 3.8) is 0 Å². The van der Waals surface area contributed by atoms with Gasteiger partial charge < -0.3 is 20.1 Å². The van der Waals surface area contributed by atoms with E-state index in [1.165, 1.54) is 0 Å². The summed E-state index contributed by atoms with van der Waals surface area (Å²) in [7, 11) is 1.61. The summed E-state index contributed by atoms with van der Waals surface area (Å²) < 4.78 is 11.1. The number of benzene rings is 3. The van der Waals surface area contributed by atoms with Crippen LogP contribution in [0.15, 0.2) is 72.8 Å². The van der Waals surface area contributed by atoms with Gasteiger partial charge in [-0.3, -0.25) is 0 Å². The van der Waals surface area contributed by atoms with Gasteiger partial charge >= 0.3 is 0 Å². The van der Waals surface area contributed by atoms with Crippen LogP contribution in [0, 0.1) is 0 Å².